The zero-order valence-electron chi connectivity index (χ0n) is 18.9. The third-order valence-corrected chi connectivity index (χ3v) is 5.93. The summed E-state index contributed by atoms with van der Waals surface area (Å²) in [5.41, 5.74) is 1.28. The lowest BCUT2D eigenvalue weighted by Gasteiger charge is -2.42. The van der Waals surface area contributed by atoms with Crippen LogP contribution < -0.4 is 9.47 Å². The molecule has 2 heterocycles. The van der Waals surface area contributed by atoms with Gasteiger partial charge in [0.1, 0.15) is 0 Å². The van der Waals surface area contributed by atoms with Gasteiger partial charge in [0.15, 0.2) is 11.5 Å². The van der Waals surface area contributed by atoms with Crippen molar-refractivity contribution in [3.63, 3.8) is 0 Å². The van der Waals surface area contributed by atoms with E-state index in [1.54, 1.807) is 14.2 Å². The smallest absolute Gasteiger partial charge is 0.414 e. The average Bonchev–Trinajstić information content (AvgIpc) is 2.80. The SMILES string of the molecule is COc1ccc(CN2CCC(N3CCN(CCO)CC3)CC2)cc1OC.O=C(O)C(=O)O. The van der Waals surface area contributed by atoms with E-state index in [-0.39, 0.29) is 6.61 Å². The largest absolute Gasteiger partial charge is 0.493 e. The normalized spacial score (nSPS) is 18.5. The van der Waals surface area contributed by atoms with Crippen LogP contribution in [0.15, 0.2) is 18.2 Å². The maximum absolute atomic E-state index is 9.10. The van der Waals surface area contributed by atoms with Gasteiger partial charge in [0, 0.05) is 45.3 Å². The fraction of sp³-hybridized carbons (Fsp3) is 0.636. The summed E-state index contributed by atoms with van der Waals surface area (Å²) in [6, 6.07) is 6.93. The van der Waals surface area contributed by atoms with Gasteiger partial charge < -0.3 is 24.8 Å². The number of carbonyl (C=O) groups is 2. The number of piperidine rings is 1. The van der Waals surface area contributed by atoms with E-state index in [2.05, 4.69) is 26.8 Å². The number of aliphatic carboxylic acids is 2. The van der Waals surface area contributed by atoms with Gasteiger partial charge in [-0.05, 0) is 43.6 Å². The van der Waals surface area contributed by atoms with Crippen molar-refractivity contribution in [2.45, 2.75) is 25.4 Å². The van der Waals surface area contributed by atoms with Crippen LogP contribution in [0.2, 0.25) is 0 Å². The molecule has 0 radical (unpaired) electrons. The molecule has 0 atom stereocenters. The summed E-state index contributed by atoms with van der Waals surface area (Å²) >= 11 is 0. The van der Waals surface area contributed by atoms with Crippen LogP contribution in [0.4, 0.5) is 0 Å². The standard InChI is InChI=1S/C20H33N3O3.C2H2O4/c1-25-19-4-3-17(15-20(19)26-2)16-22-7-5-18(6-8-22)23-11-9-21(10-12-23)13-14-24;3-1(4)2(5)6/h3-4,15,18,24H,5-14,16H2,1-2H3;(H,3,4)(H,5,6). The Hall–Kier alpha value is -2.40. The van der Waals surface area contributed by atoms with E-state index in [0.717, 1.165) is 63.9 Å². The van der Waals surface area contributed by atoms with E-state index in [4.69, 9.17) is 34.4 Å². The number of carboxylic acids is 2. The fourth-order valence-corrected chi connectivity index (χ4v) is 4.17. The molecule has 32 heavy (non-hydrogen) atoms. The van der Waals surface area contributed by atoms with E-state index in [1.807, 2.05) is 6.07 Å². The van der Waals surface area contributed by atoms with Gasteiger partial charge in [-0.15, -0.1) is 0 Å². The summed E-state index contributed by atoms with van der Waals surface area (Å²) in [7, 11) is 3.36. The molecule has 10 nitrogen and oxygen atoms in total. The van der Waals surface area contributed by atoms with Crippen molar-refractivity contribution in [1.82, 2.24) is 14.7 Å². The van der Waals surface area contributed by atoms with Gasteiger partial charge in [0.25, 0.3) is 0 Å². The molecule has 3 N–H and O–H groups in total. The lowest BCUT2D eigenvalue weighted by molar-refractivity contribution is -0.159. The monoisotopic (exact) mass is 453 g/mol. The number of β-amino-alcohol motifs (C(OH)–C–C–N with tert-alkyl or cyclic N) is 1. The van der Waals surface area contributed by atoms with Crippen molar-refractivity contribution in [3.8, 4) is 11.5 Å². The Morgan fingerprint density at radius 2 is 1.50 bits per heavy atom. The lowest BCUT2D eigenvalue weighted by atomic mass is 10.0. The van der Waals surface area contributed by atoms with Crippen molar-refractivity contribution in [1.29, 1.82) is 0 Å². The fourth-order valence-electron chi connectivity index (χ4n) is 4.17. The van der Waals surface area contributed by atoms with Crippen LogP contribution in [0.5, 0.6) is 11.5 Å². The van der Waals surface area contributed by atoms with Gasteiger partial charge >= 0.3 is 11.9 Å². The maximum Gasteiger partial charge on any atom is 0.414 e. The Balaban J connectivity index is 0.000000534. The van der Waals surface area contributed by atoms with Crippen molar-refractivity contribution in [2.24, 2.45) is 0 Å². The number of rotatable bonds is 7. The number of likely N-dealkylation sites (tertiary alicyclic amines) is 1. The van der Waals surface area contributed by atoms with Crippen molar-refractivity contribution in [2.75, 3.05) is 66.6 Å². The molecule has 2 saturated heterocycles. The average molecular weight is 454 g/mol. The second-order valence-electron chi connectivity index (χ2n) is 7.91. The third kappa shape index (κ3) is 7.94. The summed E-state index contributed by atoms with van der Waals surface area (Å²) in [5, 5.41) is 23.9. The van der Waals surface area contributed by atoms with Crippen LogP contribution in [0.1, 0.15) is 18.4 Å². The minimum atomic E-state index is -1.82. The van der Waals surface area contributed by atoms with Gasteiger partial charge in [0.2, 0.25) is 0 Å². The van der Waals surface area contributed by atoms with Gasteiger partial charge in [-0.25, -0.2) is 9.59 Å². The summed E-state index contributed by atoms with van der Waals surface area (Å²) in [5.74, 6) is -2.05. The molecule has 1 aromatic rings. The summed E-state index contributed by atoms with van der Waals surface area (Å²) in [6.07, 6.45) is 2.49. The van der Waals surface area contributed by atoms with Gasteiger partial charge in [-0.1, -0.05) is 6.07 Å². The molecule has 2 fully saturated rings. The summed E-state index contributed by atoms with van der Waals surface area (Å²) < 4.78 is 10.7. The molecule has 180 valence electrons. The number of benzene rings is 1. The molecule has 0 spiro atoms. The molecule has 2 aliphatic rings. The molecule has 2 aliphatic heterocycles. The van der Waals surface area contributed by atoms with E-state index in [9.17, 15) is 0 Å². The van der Waals surface area contributed by atoms with Gasteiger partial charge in [0.05, 0.1) is 20.8 Å². The molecule has 0 amide bonds. The number of hydrogen-bond acceptors (Lipinski definition) is 8. The molecule has 1 aromatic carbocycles. The molecule has 0 unspecified atom stereocenters. The Bertz CT molecular complexity index is 718. The first-order chi connectivity index (χ1) is 15.4. The minimum absolute atomic E-state index is 0.272. The highest BCUT2D eigenvalue weighted by molar-refractivity contribution is 6.27. The first kappa shape index (κ1) is 25.9. The zero-order chi connectivity index (χ0) is 23.5. The van der Waals surface area contributed by atoms with Crippen LogP contribution >= 0.6 is 0 Å². The molecule has 10 heteroatoms. The summed E-state index contributed by atoms with van der Waals surface area (Å²) in [4.78, 5) is 25.8. The first-order valence-corrected chi connectivity index (χ1v) is 10.8. The van der Waals surface area contributed by atoms with Crippen molar-refractivity contribution in [3.05, 3.63) is 23.8 Å². The third-order valence-electron chi connectivity index (χ3n) is 5.93. The van der Waals surface area contributed by atoms with E-state index < -0.39 is 11.9 Å². The zero-order valence-corrected chi connectivity index (χ0v) is 18.9. The number of piperazine rings is 1. The number of carboxylic acid groups (broad SMARTS) is 2. The summed E-state index contributed by atoms with van der Waals surface area (Å²) in [6.45, 7) is 8.81. The highest BCUT2D eigenvalue weighted by atomic mass is 16.5. The second-order valence-corrected chi connectivity index (χ2v) is 7.91. The molecular weight excluding hydrogens is 418 g/mol. The van der Waals surface area contributed by atoms with Crippen LogP contribution in [0.25, 0.3) is 0 Å². The maximum atomic E-state index is 9.10. The van der Waals surface area contributed by atoms with Crippen LogP contribution in [0.3, 0.4) is 0 Å². The van der Waals surface area contributed by atoms with Crippen molar-refractivity contribution >= 4 is 11.9 Å². The highest BCUT2D eigenvalue weighted by Crippen LogP contribution is 2.28. The Labute approximate surface area is 188 Å². The number of aliphatic hydroxyl groups is 1. The second kappa shape index (κ2) is 13.2. The molecule has 0 aliphatic carbocycles. The Morgan fingerprint density at radius 1 is 0.906 bits per heavy atom. The van der Waals surface area contributed by atoms with Gasteiger partial charge in [-0.3, -0.25) is 14.7 Å². The molecule has 3 rings (SSSR count). The van der Waals surface area contributed by atoms with Crippen LogP contribution in [0, 0.1) is 0 Å². The quantitative estimate of drug-likeness (QED) is 0.501. The number of nitrogens with zero attached hydrogens (tertiary/aromatic N) is 3. The predicted octanol–water partition coefficient (Wildman–Crippen LogP) is 0.434. The predicted molar refractivity (Wildman–Crippen MR) is 118 cm³/mol. The topological polar surface area (TPSA) is 123 Å². The molecular formula is C22H35N3O7. The number of aliphatic hydroxyl groups excluding tert-OH is 1. The molecule has 0 saturated carbocycles. The molecule has 0 bridgehead atoms. The van der Waals surface area contributed by atoms with E-state index in [0.29, 0.717) is 6.04 Å². The molecule has 0 aromatic heterocycles. The first-order valence-electron chi connectivity index (χ1n) is 10.8. The van der Waals surface area contributed by atoms with E-state index in [1.165, 1.54) is 18.4 Å². The van der Waals surface area contributed by atoms with Gasteiger partial charge in [-0.2, -0.15) is 0 Å². The number of hydrogen-bond donors (Lipinski definition) is 3. The van der Waals surface area contributed by atoms with Crippen molar-refractivity contribution < 1.29 is 34.4 Å². The Morgan fingerprint density at radius 3 is 2.00 bits per heavy atom. The Kier molecular flexibility index (Phi) is 10.7. The van der Waals surface area contributed by atoms with Crippen LogP contribution in [-0.2, 0) is 16.1 Å². The highest BCUT2D eigenvalue weighted by Gasteiger charge is 2.27. The van der Waals surface area contributed by atoms with Crippen LogP contribution in [-0.4, -0.2) is 115 Å². The van der Waals surface area contributed by atoms with E-state index >= 15 is 0 Å². The number of methoxy groups -OCH3 is 2. The number of ether oxygens (including phenoxy) is 2. The lowest BCUT2D eigenvalue weighted by Crippen LogP contribution is -2.53. The minimum Gasteiger partial charge on any atom is -0.493 e.